The van der Waals surface area contributed by atoms with Crippen LogP contribution in [0, 0.1) is 0 Å². The van der Waals surface area contributed by atoms with E-state index in [2.05, 4.69) is 5.32 Å². The van der Waals surface area contributed by atoms with Gasteiger partial charge in [-0.2, -0.15) is 13.2 Å². The summed E-state index contributed by atoms with van der Waals surface area (Å²) in [5.74, 6) is -0.313. The lowest BCUT2D eigenvalue weighted by Crippen LogP contribution is -2.35. The highest BCUT2D eigenvalue weighted by Crippen LogP contribution is 2.29. The van der Waals surface area contributed by atoms with E-state index in [-0.39, 0.29) is 18.4 Å². The molecule has 2 aromatic carbocycles. The molecule has 1 aliphatic rings. The van der Waals surface area contributed by atoms with Gasteiger partial charge in [-0.15, -0.1) is 0 Å². The number of hydrogen-bond acceptors (Lipinski definition) is 2. The molecular formula is C20H19F3N2O2. The Balaban J connectivity index is 1.62. The van der Waals surface area contributed by atoms with Crippen molar-refractivity contribution in [3.63, 3.8) is 0 Å². The van der Waals surface area contributed by atoms with Crippen LogP contribution in [0.4, 0.5) is 18.9 Å². The third kappa shape index (κ3) is 4.67. The Labute approximate surface area is 155 Å². The number of amides is 2. The van der Waals surface area contributed by atoms with E-state index in [9.17, 15) is 22.8 Å². The highest BCUT2D eigenvalue weighted by molar-refractivity contribution is 5.96. The lowest BCUT2D eigenvalue weighted by Gasteiger charge is -2.26. The summed E-state index contributed by atoms with van der Waals surface area (Å²) in [6, 6.07) is 11.5. The van der Waals surface area contributed by atoms with E-state index in [4.69, 9.17) is 0 Å². The molecule has 1 N–H and O–H groups in total. The van der Waals surface area contributed by atoms with Gasteiger partial charge in [-0.1, -0.05) is 12.1 Å². The lowest BCUT2D eigenvalue weighted by atomic mass is 10.1. The summed E-state index contributed by atoms with van der Waals surface area (Å²) in [7, 11) is 0. The fourth-order valence-electron chi connectivity index (χ4n) is 3.01. The van der Waals surface area contributed by atoms with Crippen molar-refractivity contribution in [1.82, 2.24) is 5.32 Å². The second-order valence-electron chi connectivity index (χ2n) is 6.43. The van der Waals surface area contributed by atoms with Gasteiger partial charge in [0, 0.05) is 30.8 Å². The maximum absolute atomic E-state index is 12.7. The largest absolute Gasteiger partial charge is 0.416 e. The van der Waals surface area contributed by atoms with Crippen molar-refractivity contribution in [2.75, 3.05) is 11.4 Å². The molecule has 0 bridgehead atoms. The minimum Gasteiger partial charge on any atom is -0.348 e. The second-order valence-corrected chi connectivity index (χ2v) is 6.43. The molecule has 4 nitrogen and oxygen atoms in total. The predicted octanol–water partition coefficient (Wildman–Crippen LogP) is 4.15. The van der Waals surface area contributed by atoms with Gasteiger partial charge in [-0.25, -0.2) is 0 Å². The number of anilines is 1. The Hall–Kier alpha value is -2.83. The Morgan fingerprint density at radius 3 is 2.48 bits per heavy atom. The van der Waals surface area contributed by atoms with Crippen LogP contribution in [0.5, 0.6) is 0 Å². The van der Waals surface area contributed by atoms with E-state index < -0.39 is 11.7 Å². The highest BCUT2D eigenvalue weighted by atomic mass is 19.4. The Kier molecular flexibility index (Phi) is 5.48. The van der Waals surface area contributed by atoms with E-state index in [0.29, 0.717) is 24.1 Å². The summed E-state index contributed by atoms with van der Waals surface area (Å²) < 4.78 is 38.2. The average molecular weight is 376 g/mol. The Morgan fingerprint density at radius 2 is 1.81 bits per heavy atom. The Morgan fingerprint density at radius 1 is 1.07 bits per heavy atom. The highest BCUT2D eigenvalue weighted by Gasteiger charge is 2.30. The van der Waals surface area contributed by atoms with Gasteiger partial charge in [-0.05, 0) is 54.8 Å². The number of carbonyl (C=O) groups is 2. The van der Waals surface area contributed by atoms with Crippen LogP contribution < -0.4 is 10.2 Å². The first-order chi connectivity index (χ1) is 12.8. The minimum atomic E-state index is -4.41. The summed E-state index contributed by atoms with van der Waals surface area (Å²) in [6.45, 7) is 0.662. The van der Waals surface area contributed by atoms with Crippen LogP contribution in [-0.4, -0.2) is 18.4 Å². The van der Waals surface area contributed by atoms with E-state index in [1.807, 2.05) is 0 Å². The molecule has 2 aromatic rings. The van der Waals surface area contributed by atoms with Gasteiger partial charge in [0.2, 0.25) is 5.91 Å². The van der Waals surface area contributed by atoms with Crippen molar-refractivity contribution < 1.29 is 22.8 Å². The predicted molar refractivity (Wildman–Crippen MR) is 95.3 cm³/mol. The molecule has 1 fully saturated rings. The molecular weight excluding hydrogens is 357 g/mol. The molecule has 0 saturated carbocycles. The number of hydrogen-bond donors (Lipinski definition) is 1. The summed E-state index contributed by atoms with van der Waals surface area (Å²) in [5, 5.41) is 2.61. The summed E-state index contributed by atoms with van der Waals surface area (Å²) in [5.41, 5.74) is 0.753. The van der Waals surface area contributed by atoms with Gasteiger partial charge in [0.25, 0.3) is 5.91 Å². The zero-order chi connectivity index (χ0) is 19.4. The average Bonchev–Trinajstić information content (AvgIpc) is 2.66. The van der Waals surface area contributed by atoms with Crippen LogP contribution in [0.15, 0.2) is 48.5 Å². The van der Waals surface area contributed by atoms with Gasteiger partial charge < -0.3 is 10.2 Å². The van der Waals surface area contributed by atoms with Crippen LogP contribution >= 0.6 is 0 Å². The molecule has 142 valence electrons. The number of benzene rings is 2. The smallest absolute Gasteiger partial charge is 0.348 e. The molecule has 7 heteroatoms. The summed E-state index contributed by atoms with van der Waals surface area (Å²) in [6.07, 6.45) is -2.04. The molecule has 1 aliphatic heterocycles. The molecule has 0 spiro atoms. The topological polar surface area (TPSA) is 49.4 Å². The molecule has 0 radical (unpaired) electrons. The molecule has 2 amide bonds. The zero-order valence-corrected chi connectivity index (χ0v) is 14.6. The maximum atomic E-state index is 12.7. The van der Waals surface area contributed by atoms with Crippen molar-refractivity contribution in [1.29, 1.82) is 0 Å². The monoisotopic (exact) mass is 376 g/mol. The van der Waals surface area contributed by atoms with E-state index in [0.717, 1.165) is 30.7 Å². The first-order valence-corrected chi connectivity index (χ1v) is 8.69. The standard InChI is InChI=1S/C20H19F3N2O2/c21-20(22,23)16-5-3-4-14(12-16)13-24-19(27)15-7-9-17(10-8-15)25-11-2-1-6-18(25)26/h3-5,7-10,12H,1-2,6,11,13H2,(H,24,27). The van der Waals surface area contributed by atoms with Crippen molar-refractivity contribution in [3.8, 4) is 0 Å². The molecule has 1 heterocycles. The van der Waals surface area contributed by atoms with Crippen LogP contribution in [-0.2, 0) is 17.5 Å². The van der Waals surface area contributed by atoms with E-state index >= 15 is 0 Å². The molecule has 0 unspecified atom stereocenters. The third-order valence-electron chi connectivity index (χ3n) is 4.47. The Bertz CT molecular complexity index is 832. The third-order valence-corrected chi connectivity index (χ3v) is 4.47. The zero-order valence-electron chi connectivity index (χ0n) is 14.6. The first-order valence-electron chi connectivity index (χ1n) is 8.69. The SMILES string of the molecule is O=C(NCc1cccc(C(F)(F)F)c1)c1ccc(N2CCCCC2=O)cc1. The molecule has 0 aliphatic carbocycles. The number of halogens is 3. The second kappa shape index (κ2) is 7.82. The number of piperidine rings is 1. The van der Waals surface area contributed by atoms with Crippen molar-refractivity contribution in [2.45, 2.75) is 32.0 Å². The van der Waals surface area contributed by atoms with Gasteiger partial charge in [0.15, 0.2) is 0 Å². The summed E-state index contributed by atoms with van der Waals surface area (Å²) in [4.78, 5) is 25.9. The van der Waals surface area contributed by atoms with Crippen LogP contribution in [0.3, 0.4) is 0 Å². The van der Waals surface area contributed by atoms with Gasteiger partial charge in [-0.3, -0.25) is 9.59 Å². The fourth-order valence-corrected chi connectivity index (χ4v) is 3.01. The fraction of sp³-hybridized carbons (Fsp3) is 0.300. The normalized spacial score (nSPS) is 14.9. The number of carbonyl (C=O) groups excluding carboxylic acids is 2. The number of nitrogens with zero attached hydrogens (tertiary/aromatic N) is 1. The minimum absolute atomic E-state index is 0.00485. The molecule has 27 heavy (non-hydrogen) atoms. The van der Waals surface area contributed by atoms with Crippen LogP contribution in [0.25, 0.3) is 0 Å². The van der Waals surface area contributed by atoms with Gasteiger partial charge >= 0.3 is 6.18 Å². The molecule has 0 aromatic heterocycles. The quantitative estimate of drug-likeness (QED) is 0.871. The summed E-state index contributed by atoms with van der Waals surface area (Å²) >= 11 is 0. The van der Waals surface area contributed by atoms with Gasteiger partial charge in [0.1, 0.15) is 0 Å². The number of rotatable bonds is 4. The first kappa shape index (κ1) is 18.9. The number of nitrogens with one attached hydrogen (secondary N) is 1. The maximum Gasteiger partial charge on any atom is 0.416 e. The van der Waals surface area contributed by atoms with E-state index in [1.165, 1.54) is 12.1 Å². The van der Waals surface area contributed by atoms with Crippen molar-refractivity contribution >= 4 is 17.5 Å². The molecule has 3 rings (SSSR count). The lowest BCUT2D eigenvalue weighted by molar-refractivity contribution is -0.137. The molecule has 1 saturated heterocycles. The molecule has 0 atom stereocenters. The number of alkyl halides is 3. The van der Waals surface area contributed by atoms with Crippen LogP contribution in [0.1, 0.15) is 40.7 Å². The van der Waals surface area contributed by atoms with Crippen molar-refractivity contribution in [3.05, 3.63) is 65.2 Å². The van der Waals surface area contributed by atoms with E-state index in [1.54, 1.807) is 29.2 Å². The van der Waals surface area contributed by atoms with Gasteiger partial charge in [0.05, 0.1) is 5.56 Å². The van der Waals surface area contributed by atoms with Crippen molar-refractivity contribution in [2.24, 2.45) is 0 Å². The van der Waals surface area contributed by atoms with Crippen LogP contribution in [0.2, 0.25) is 0 Å².